The Morgan fingerprint density at radius 2 is 2.25 bits per heavy atom. The van der Waals surface area contributed by atoms with Crippen molar-refractivity contribution in [1.29, 1.82) is 5.41 Å². The van der Waals surface area contributed by atoms with Gasteiger partial charge < -0.3 is 17.2 Å². The van der Waals surface area contributed by atoms with Crippen LogP contribution in [0.15, 0.2) is 4.99 Å². The zero-order chi connectivity index (χ0) is 12.0. The van der Waals surface area contributed by atoms with Crippen molar-refractivity contribution in [2.75, 3.05) is 17.3 Å². The largest absolute Gasteiger partial charge is 0.388 e. The highest BCUT2D eigenvalue weighted by molar-refractivity contribution is 8.00. The molecule has 0 saturated carbocycles. The number of amidine groups is 1. The topological polar surface area (TPSA) is 126 Å². The number of rotatable bonds is 6. The molecule has 1 heterocycles. The lowest BCUT2D eigenvalue weighted by molar-refractivity contribution is 0.620. The van der Waals surface area contributed by atoms with Gasteiger partial charge in [-0.1, -0.05) is 0 Å². The van der Waals surface area contributed by atoms with Gasteiger partial charge in [-0.15, -0.1) is 11.8 Å². The molecule has 92 valence electrons. The first kappa shape index (κ1) is 13.5. The minimum Gasteiger partial charge on any atom is -0.388 e. The van der Waals surface area contributed by atoms with Crippen LogP contribution in [0.3, 0.4) is 0 Å². The van der Waals surface area contributed by atoms with Crippen LogP contribution in [0.5, 0.6) is 0 Å². The van der Waals surface area contributed by atoms with E-state index >= 15 is 0 Å². The Kier molecular flexibility index (Phi) is 5.78. The molecule has 0 aromatic rings. The second kappa shape index (κ2) is 6.87. The number of aliphatic imine (C=N–C) groups is 1. The molecule has 1 aliphatic heterocycles. The monoisotopic (exact) mass is 262 g/mol. The SMILES string of the molecule is N=C(N)CCSCC1CSC(N=C(N)N)N1. The Labute approximate surface area is 104 Å². The Balaban J connectivity index is 2.12. The fourth-order valence-electron chi connectivity index (χ4n) is 1.22. The van der Waals surface area contributed by atoms with Crippen molar-refractivity contribution in [2.45, 2.75) is 18.0 Å². The molecule has 2 unspecified atom stereocenters. The van der Waals surface area contributed by atoms with Gasteiger partial charge in [0.15, 0.2) is 11.5 Å². The first-order chi connectivity index (χ1) is 7.58. The van der Waals surface area contributed by atoms with Crippen LogP contribution in [0, 0.1) is 5.41 Å². The van der Waals surface area contributed by atoms with Crippen molar-refractivity contribution >= 4 is 35.3 Å². The first-order valence-corrected chi connectivity index (χ1v) is 7.15. The van der Waals surface area contributed by atoms with Gasteiger partial charge in [-0.05, 0) is 0 Å². The standard InChI is InChI=1S/C8H18N6S2/c9-6(10)1-2-15-3-5-4-16-8(13-5)14-7(11)12/h5,8,13H,1-4H2,(H3,9,10)(H4,11,12,14). The molecule has 1 fully saturated rings. The minimum absolute atomic E-state index is 0.0107. The van der Waals surface area contributed by atoms with Crippen LogP contribution in [0.1, 0.15) is 6.42 Å². The Bertz CT molecular complexity index is 265. The maximum atomic E-state index is 7.09. The smallest absolute Gasteiger partial charge is 0.188 e. The van der Waals surface area contributed by atoms with Gasteiger partial charge >= 0.3 is 0 Å². The van der Waals surface area contributed by atoms with E-state index in [1.54, 1.807) is 23.5 Å². The Hall–Kier alpha value is -0.600. The average molecular weight is 262 g/mol. The van der Waals surface area contributed by atoms with E-state index in [0.717, 1.165) is 17.3 Å². The summed E-state index contributed by atoms with van der Waals surface area (Å²) in [4.78, 5) is 4.04. The van der Waals surface area contributed by atoms with Crippen molar-refractivity contribution in [3.63, 3.8) is 0 Å². The van der Waals surface area contributed by atoms with Gasteiger partial charge in [-0.3, -0.25) is 10.7 Å². The minimum atomic E-state index is -0.0107. The van der Waals surface area contributed by atoms with E-state index in [-0.39, 0.29) is 17.3 Å². The van der Waals surface area contributed by atoms with E-state index in [1.807, 2.05) is 0 Å². The van der Waals surface area contributed by atoms with Gasteiger partial charge in [-0.25, -0.2) is 4.99 Å². The van der Waals surface area contributed by atoms with Crippen LogP contribution in [0.2, 0.25) is 0 Å². The van der Waals surface area contributed by atoms with Gasteiger partial charge in [-0.2, -0.15) is 11.8 Å². The third-order valence-electron chi connectivity index (χ3n) is 1.93. The lowest BCUT2D eigenvalue weighted by Gasteiger charge is -2.10. The quantitative estimate of drug-likeness (QED) is 0.245. The maximum absolute atomic E-state index is 7.09. The summed E-state index contributed by atoms with van der Waals surface area (Å²) >= 11 is 3.50. The predicted molar refractivity (Wildman–Crippen MR) is 72.8 cm³/mol. The van der Waals surface area contributed by atoms with E-state index < -0.39 is 0 Å². The van der Waals surface area contributed by atoms with Gasteiger partial charge in [0.2, 0.25) is 0 Å². The number of hydrogen-bond acceptors (Lipinski definition) is 5. The van der Waals surface area contributed by atoms with E-state index in [0.29, 0.717) is 12.5 Å². The van der Waals surface area contributed by atoms with Crippen LogP contribution in [-0.2, 0) is 0 Å². The molecule has 8 heteroatoms. The molecule has 1 rings (SSSR count). The molecule has 1 saturated heterocycles. The highest BCUT2D eigenvalue weighted by Crippen LogP contribution is 2.21. The van der Waals surface area contributed by atoms with Crippen molar-refractivity contribution in [3.05, 3.63) is 0 Å². The third-order valence-corrected chi connectivity index (χ3v) is 4.22. The van der Waals surface area contributed by atoms with Gasteiger partial charge in [0.05, 0.1) is 5.84 Å². The van der Waals surface area contributed by atoms with Crippen LogP contribution in [0.4, 0.5) is 0 Å². The first-order valence-electron chi connectivity index (χ1n) is 4.95. The molecule has 0 radical (unpaired) electrons. The summed E-state index contributed by atoms with van der Waals surface area (Å²) < 4.78 is 0. The van der Waals surface area contributed by atoms with Crippen molar-refractivity contribution in [1.82, 2.24) is 5.32 Å². The number of hydrogen-bond donors (Lipinski definition) is 5. The van der Waals surface area contributed by atoms with Crippen LogP contribution >= 0.6 is 23.5 Å². The number of nitrogens with two attached hydrogens (primary N) is 3. The normalized spacial score (nSPS) is 24.2. The molecule has 0 amide bonds. The molecule has 2 atom stereocenters. The molecule has 0 bridgehead atoms. The number of nitrogens with one attached hydrogen (secondary N) is 2. The summed E-state index contributed by atoms with van der Waals surface area (Å²) in [5, 5.41) is 10.4. The van der Waals surface area contributed by atoms with Crippen LogP contribution < -0.4 is 22.5 Å². The van der Waals surface area contributed by atoms with Gasteiger partial charge in [0.25, 0.3) is 0 Å². The lowest BCUT2D eigenvalue weighted by atomic mass is 10.4. The molecule has 16 heavy (non-hydrogen) atoms. The summed E-state index contributed by atoms with van der Waals surface area (Å²) in [5.41, 5.74) is 15.9. The van der Waals surface area contributed by atoms with E-state index in [9.17, 15) is 0 Å². The summed E-state index contributed by atoms with van der Waals surface area (Å²) in [5.74, 6) is 3.27. The fraction of sp³-hybridized carbons (Fsp3) is 0.750. The molecule has 0 aromatic heterocycles. The number of nitrogens with zero attached hydrogens (tertiary/aromatic N) is 1. The molecule has 1 aliphatic rings. The Morgan fingerprint density at radius 3 is 2.88 bits per heavy atom. The zero-order valence-electron chi connectivity index (χ0n) is 8.98. The highest BCUT2D eigenvalue weighted by atomic mass is 32.2. The molecule has 0 aliphatic carbocycles. The zero-order valence-corrected chi connectivity index (χ0v) is 10.6. The van der Waals surface area contributed by atoms with Crippen molar-refractivity contribution in [3.8, 4) is 0 Å². The molecule has 0 aromatic carbocycles. The summed E-state index contributed by atoms with van der Waals surface area (Å²) in [6.45, 7) is 0. The summed E-state index contributed by atoms with van der Waals surface area (Å²) in [7, 11) is 0. The Morgan fingerprint density at radius 1 is 1.50 bits per heavy atom. The van der Waals surface area contributed by atoms with Crippen molar-refractivity contribution < 1.29 is 0 Å². The maximum Gasteiger partial charge on any atom is 0.188 e. The molecular weight excluding hydrogens is 244 g/mol. The molecule has 8 N–H and O–H groups in total. The molecule has 6 nitrogen and oxygen atoms in total. The molecular formula is C8H18N6S2. The summed E-state index contributed by atoms with van der Waals surface area (Å²) in [6.07, 6.45) is 0.655. The van der Waals surface area contributed by atoms with Crippen LogP contribution in [-0.4, -0.2) is 40.6 Å². The second-order valence-corrected chi connectivity index (χ2v) is 5.72. The molecule has 0 spiro atoms. The van der Waals surface area contributed by atoms with Gasteiger partial charge in [0, 0.05) is 29.7 Å². The predicted octanol–water partition coefficient (Wildman–Crippen LogP) is -0.692. The summed E-state index contributed by atoms with van der Waals surface area (Å²) in [6, 6.07) is 0.426. The third kappa shape index (κ3) is 5.47. The van der Waals surface area contributed by atoms with Crippen LogP contribution in [0.25, 0.3) is 0 Å². The van der Waals surface area contributed by atoms with Crippen molar-refractivity contribution in [2.24, 2.45) is 22.2 Å². The van der Waals surface area contributed by atoms with E-state index in [2.05, 4.69) is 10.3 Å². The highest BCUT2D eigenvalue weighted by Gasteiger charge is 2.23. The average Bonchev–Trinajstić information content (AvgIpc) is 2.59. The second-order valence-electron chi connectivity index (χ2n) is 3.45. The van der Waals surface area contributed by atoms with E-state index in [4.69, 9.17) is 22.6 Å². The lowest BCUT2D eigenvalue weighted by Crippen LogP contribution is -2.34. The number of thioether (sulfide) groups is 2. The van der Waals surface area contributed by atoms with E-state index in [1.165, 1.54) is 0 Å². The fourth-order valence-corrected chi connectivity index (χ4v) is 3.51. The number of guanidine groups is 1. The van der Waals surface area contributed by atoms with Gasteiger partial charge in [0.1, 0.15) is 0 Å².